The molecule has 0 spiro atoms. The summed E-state index contributed by atoms with van der Waals surface area (Å²) >= 11 is 3.28. The molecule has 17 heavy (non-hydrogen) atoms. The first-order chi connectivity index (χ1) is 8.17. The van der Waals surface area contributed by atoms with Crippen molar-refractivity contribution < 1.29 is 4.79 Å². The normalized spacial score (nSPS) is 12.2. The van der Waals surface area contributed by atoms with Crippen LogP contribution in [0.15, 0.2) is 22.8 Å². The van der Waals surface area contributed by atoms with E-state index in [1.807, 2.05) is 0 Å². The minimum absolute atomic E-state index is 0.0351. The van der Waals surface area contributed by atoms with E-state index in [4.69, 9.17) is 5.73 Å². The highest BCUT2D eigenvalue weighted by atomic mass is 79.9. The van der Waals surface area contributed by atoms with Crippen LogP contribution in [0.2, 0.25) is 0 Å². The molecule has 0 radical (unpaired) electrons. The molecule has 1 aromatic rings. The smallest absolute Gasteiger partial charge is 0.270 e. The zero-order valence-electron chi connectivity index (χ0n) is 9.95. The minimum Gasteiger partial charge on any atom is -0.347 e. The van der Waals surface area contributed by atoms with Gasteiger partial charge < -0.3 is 11.1 Å². The molecule has 0 saturated heterocycles. The van der Waals surface area contributed by atoms with Gasteiger partial charge in [-0.1, -0.05) is 19.8 Å². The second kappa shape index (κ2) is 7.40. The number of hydrogen-bond acceptors (Lipinski definition) is 3. The maximum Gasteiger partial charge on any atom is 0.270 e. The predicted octanol–water partition coefficient (Wildman–Crippen LogP) is 2.09. The highest BCUT2D eigenvalue weighted by molar-refractivity contribution is 9.10. The van der Waals surface area contributed by atoms with E-state index < -0.39 is 0 Å². The lowest BCUT2D eigenvalue weighted by molar-refractivity contribution is 0.0930. The van der Waals surface area contributed by atoms with Gasteiger partial charge in [-0.2, -0.15) is 0 Å². The molecule has 4 nitrogen and oxygen atoms in total. The molecule has 94 valence electrons. The summed E-state index contributed by atoms with van der Waals surface area (Å²) in [5.74, 6) is -0.163. The number of nitrogens with two attached hydrogens (primary N) is 1. The van der Waals surface area contributed by atoms with Crippen LogP contribution in [0.5, 0.6) is 0 Å². The fourth-order valence-corrected chi connectivity index (χ4v) is 1.70. The van der Waals surface area contributed by atoms with Crippen molar-refractivity contribution in [3.05, 3.63) is 28.5 Å². The monoisotopic (exact) mass is 299 g/mol. The maximum absolute atomic E-state index is 11.8. The summed E-state index contributed by atoms with van der Waals surface area (Å²) in [6.45, 7) is 2.58. The van der Waals surface area contributed by atoms with Crippen molar-refractivity contribution in [2.75, 3.05) is 6.54 Å². The number of halogens is 1. The number of nitrogens with one attached hydrogen (secondary N) is 1. The summed E-state index contributed by atoms with van der Waals surface area (Å²) in [4.78, 5) is 15.9. The number of carbonyl (C=O) groups excluding carboxylic acids is 1. The second-order valence-corrected chi connectivity index (χ2v) is 4.83. The largest absolute Gasteiger partial charge is 0.347 e. The summed E-state index contributed by atoms with van der Waals surface area (Å²) in [7, 11) is 0. The average molecular weight is 300 g/mol. The Morgan fingerprint density at radius 2 is 2.35 bits per heavy atom. The molecule has 1 rings (SSSR count). The maximum atomic E-state index is 11.8. The van der Waals surface area contributed by atoms with Gasteiger partial charge >= 0.3 is 0 Å². The highest BCUT2D eigenvalue weighted by Gasteiger charge is 2.12. The van der Waals surface area contributed by atoms with E-state index in [2.05, 4.69) is 33.2 Å². The first-order valence-electron chi connectivity index (χ1n) is 5.79. The van der Waals surface area contributed by atoms with Crippen LogP contribution in [0.3, 0.4) is 0 Å². The Morgan fingerprint density at radius 1 is 1.59 bits per heavy atom. The van der Waals surface area contributed by atoms with Gasteiger partial charge in [0, 0.05) is 23.3 Å². The van der Waals surface area contributed by atoms with E-state index in [0.29, 0.717) is 12.2 Å². The van der Waals surface area contributed by atoms with Crippen LogP contribution in [0.1, 0.15) is 36.7 Å². The van der Waals surface area contributed by atoms with Crippen molar-refractivity contribution >= 4 is 21.8 Å². The number of rotatable bonds is 6. The van der Waals surface area contributed by atoms with Gasteiger partial charge in [-0.15, -0.1) is 0 Å². The standard InChI is InChI=1S/C12H18BrN3O/c1-2-3-4-10(7-14)16-12(17)11-6-5-9(13)8-15-11/h5-6,8,10H,2-4,7,14H2,1H3,(H,16,17). The van der Waals surface area contributed by atoms with E-state index in [-0.39, 0.29) is 11.9 Å². The van der Waals surface area contributed by atoms with E-state index in [1.54, 1.807) is 18.3 Å². The highest BCUT2D eigenvalue weighted by Crippen LogP contribution is 2.08. The molecule has 0 fully saturated rings. The summed E-state index contributed by atoms with van der Waals surface area (Å²) in [6, 6.07) is 3.52. The van der Waals surface area contributed by atoms with E-state index >= 15 is 0 Å². The Hall–Kier alpha value is -0.940. The van der Waals surface area contributed by atoms with Crippen LogP contribution in [-0.4, -0.2) is 23.5 Å². The molecule has 1 aromatic heterocycles. The third-order valence-electron chi connectivity index (χ3n) is 2.49. The van der Waals surface area contributed by atoms with E-state index in [1.165, 1.54) is 0 Å². The van der Waals surface area contributed by atoms with Crippen molar-refractivity contribution in [2.45, 2.75) is 32.2 Å². The third kappa shape index (κ3) is 4.83. The molecule has 5 heteroatoms. The lowest BCUT2D eigenvalue weighted by Crippen LogP contribution is -2.40. The molecule has 1 heterocycles. The fourth-order valence-electron chi connectivity index (χ4n) is 1.47. The van der Waals surface area contributed by atoms with Gasteiger partial charge in [0.15, 0.2) is 0 Å². The second-order valence-electron chi connectivity index (χ2n) is 3.91. The number of amides is 1. The Kier molecular flexibility index (Phi) is 6.15. The van der Waals surface area contributed by atoms with Crippen molar-refractivity contribution in [3.63, 3.8) is 0 Å². The zero-order valence-corrected chi connectivity index (χ0v) is 11.5. The third-order valence-corrected chi connectivity index (χ3v) is 2.95. The van der Waals surface area contributed by atoms with Gasteiger partial charge in [0.25, 0.3) is 5.91 Å². The molecule has 0 bridgehead atoms. The molecule has 0 saturated carbocycles. The molecule has 0 aliphatic heterocycles. The van der Waals surface area contributed by atoms with Crippen LogP contribution < -0.4 is 11.1 Å². The first-order valence-corrected chi connectivity index (χ1v) is 6.59. The summed E-state index contributed by atoms with van der Waals surface area (Å²) in [6.07, 6.45) is 4.69. The van der Waals surface area contributed by atoms with Crippen LogP contribution >= 0.6 is 15.9 Å². The number of hydrogen-bond donors (Lipinski definition) is 2. The number of nitrogens with zero attached hydrogens (tertiary/aromatic N) is 1. The lowest BCUT2D eigenvalue weighted by atomic mass is 10.1. The zero-order chi connectivity index (χ0) is 12.7. The minimum atomic E-state index is -0.163. The molecular formula is C12H18BrN3O. The molecule has 1 amide bonds. The van der Waals surface area contributed by atoms with E-state index in [9.17, 15) is 4.79 Å². The number of unbranched alkanes of at least 4 members (excludes halogenated alkanes) is 1. The predicted molar refractivity (Wildman–Crippen MR) is 71.8 cm³/mol. The molecule has 0 aromatic carbocycles. The molecule has 0 aliphatic rings. The summed E-state index contributed by atoms with van der Waals surface area (Å²) < 4.78 is 0.857. The van der Waals surface area contributed by atoms with E-state index in [0.717, 1.165) is 23.7 Å². The van der Waals surface area contributed by atoms with Gasteiger partial charge in [-0.05, 0) is 34.5 Å². The fraction of sp³-hybridized carbons (Fsp3) is 0.500. The van der Waals surface area contributed by atoms with Crippen molar-refractivity contribution in [1.29, 1.82) is 0 Å². The van der Waals surface area contributed by atoms with Crippen molar-refractivity contribution in [2.24, 2.45) is 5.73 Å². The van der Waals surface area contributed by atoms with Gasteiger partial charge in [-0.25, -0.2) is 4.98 Å². The van der Waals surface area contributed by atoms with Gasteiger partial charge in [0.2, 0.25) is 0 Å². The summed E-state index contributed by atoms with van der Waals surface area (Å²) in [5.41, 5.74) is 6.04. The molecule has 1 atom stereocenters. The van der Waals surface area contributed by atoms with Crippen LogP contribution in [0.4, 0.5) is 0 Å². The van der Waals surface area contributed by atoms with Crippen LogP contribution in [-0.2, 0) is 0 Å². The number of pyridine rings is 1. The molecular weight excluding hydrogens is 282 g/mol. The van der Waals surface area contributed by atoms with Gasteiger partial charge in [0.05, 0.1) is 0 Å². The average Bonchev–Trinajstić information content (AvgIpc) is 2.35. The van der Waals surface area contributed by atoms with Gasteiger partial charge in [-0.3, -0.25) is 4.79 Å². The van der Waals surface area contributed by atoms with Crippen molar-refractivity contribution in [3.8, 4) is 0 Å². The SMILES string of the molecule is CCCCC(CN)NC(=O)c1ccc(Br)cn1. The number of aromatic nitrogens is 1. The summed E-state index contributed by atoms with van der Waals surface area (Å²) in [5, 5.41) is 2.90. The first kappa shape index (κ1) is 14.1. The molecule has 3 N–H and O–H groups in total. The number of carbonyl (C=O) groups is 1. The van der Waals surface area contributed by atoms with Crippen LogP contribution in [0.25, 0.3) is 0 Å². The lowest BCUT2D eigenvalue weighted by Gasteiger charge is -2.15. The Morgan fingerprint density at radius 3 is 2.88 bits per heavy atom. The Labute approximate surface area is 110 Å². The quantitative estimate of drug-likeness (QED) is 0.845. The van der Waals surface area contributed by atoms with Crippen LogP contribution in [0, 0.1) is 0 Å². The Bertz CT molecular complexity index is 353. The Balaban J connectivity index is 2.54. The van der Waals surface area contributed by atoms with Gasteiger partial charge in [0.1, 0.15) is 5.69 Å². The topological polar surface area (TPSA) is 68.0 Å². The molecule has 0 aliphatic carbocycles. The molecule has 1 unspecified atom stereocenters. The van der Waals surface area contributed by atoms with Crippen molar-refractivity contribution in [1.82, 2.24) is 10.3 Å².